The smallest absolute Gasteiger partial charge is 0.251 e. The van der Waals surface area contributed by atoms with Crippen molar-refractivity contribution in [3.63, 3.8) is 0 Å². The lowest BCUT2D eigenvalue weighted by molar-refractivity contribution is -0.117. The van der Waals surface area contributed by atoms with Gasteiger partial charge in [-0.2, -0.15) is 0 Å². The molecule has 6 nitrogen and oxygen atoms in total. The average Bonchev–Trinajstić information content (AvgIpc) is 3.03. The molecule has 0 saturated carbocycles. The topological polar surface area (TPSA) is 68.8 Å². The molecule has 3 aromatic rings. The zero-order valence-corrected chi connectivity index (χ0v) is 17.7. The molecule has 0 bridgehead atoms. The molecule has 3 aromatic carbocycles. The van der Waals surface area contributed by atoms with Gasteiger partial charge in [-0.25, -0.2) is 0 Å². The molecule has 4 rings (SSSR count). The van der Waals surface area contributed by atoms with Gasteiger partial charge in [-0.3, -0.25) is 4.79 Å². The molecule has 31 heavy (non-hydrogen) atoms. The highest BCUT2D eigenvalue weighted by Gasteiger charge is 2.23. The molecule has 160 valence electrons. The van der Waals surface area contributed by atoms with Gasteiger partial charge in [0.1, 0.15) is 11.8 Å². The number of amides is 1. The fourth-order valence-corrected chi connectivity index (χ4v) is 3.49. The molecule has 0 saturated heterocycles. The molecule has 0 spiro atoms. The molecule has 6 heteroatoms. The summed E-state index contributed by atoms with van der Waals surface area (Å²) >= 11 is 0. The van der Waals surface area contributed by atoms with Gasteiger partial charge in [0, 0.05) is 18.2 Å². The molecule has 0 aromatic heterocycles. The normalized spacial score (nSPS) is 13.6. The summed E-state index contributed by atoms with van der Waals surface area (Å²) in [5.41, 5.74) is 3.28. The summed E-state index contributed by atoms with van der Waals surface area (Å²) in [6.07, 6.45) is 0.838. The van der Waals surface area contributed by atoms with Gasteiger partial charge in [0.15, 0.2) is 11.5 Å². The van der Waals surface area contributed by atoms with Crippen LogP contribution in [-0.2, 0) is 4.79 Å². The second-order valence-corrected chi connectivity index (χ2v) is 7.39. The van der Waals surface area contributed by atoms with Crippen LogP contribution in [0.15, 0.2) is 66.7 Å². The number of aryl methyl sites for hydroxylation is 1. The van der Waals surface area contributed by atoms with Crippen LogP contribution in [0.25, 0.3) is 0 Å². The highest BCUT2D eigenvalue weighted by Crippen LogP contribution is 2.34. The lowest BCUT2D eigenvalue weighted by Gasteiger charge is -2.21. The number of rotatable bonds is 6. The summed E-state index contributed by atoms with van der Waals surface area (Å²) in [7, 11) is 1.59. The number of hydrogen-bond donors (Lipinski definition) is 2. The molecule has 0 unspecified atom stereocenters. The Kier molecular flexibility index (Phi) is 6.26. The van der Waals surface area contributed by atoms with Crippen molar-refractivity contribution in [1.29, 1.82) is 0 Å². The quantitative estimate of drug-likeness (QED) is 0.592. The minimum absolute atomic E-state index is 0.192. The van der Waals surface area contributed by atoms with Gasteiger partial charge in [0.25, 0.3) is 5.91 Å². The monoisotopic (exact) mass is 418 g/mol. The van der Waals surface area contributed by atoms with Crippen molar-refractivity contribution in [3.05, 3.63) is 77.9 Å². The van der Waals surface area contributed by atoms with Crippen LogP contribution >= 0.6 is 0 Å². The predicted molar refractivity (Wildman–Crippen MR) is 121 cm³/mol. The van der Waals surface area contributed by atoms with Crippen LogP contribution in [0.2, 0.25) is 0 Å². The zero-order chi connectivity index (χ0) is 21.6. The van der Waals surface area contributed by atoms with Crippen LogP contribution in [0.3, 0.4) is 0 Å². The Labute approximate surface area is 182 Å². The number of anilines is 2. The molecular formula is C25H26N2O4. The maximum absolute atomic E-state index is 13.4. The Morgan fingerprint density at radius 1 is 0.968 bits per heavy atom. The van der Waals surface area contributed by atoms with E-state index in [-0.39, 0.29) is 5.91 Å². The molecule has 0 radical (unpaired) electrons. The van der Waals surface area contributed by atoms with Crippen molar-refractivity contribution in [2.75, 3.05) is 31.0 Å². The Morgan fingerprint density at radius 3 is 2.52 bits per heavy atom. The van der Waals surface area contributed by atoms with Crippen molar-refractivity contribution in [2.45, 2.75) is 19.4 Å². The predicted octanol–water partition coefficient (Wildman–Crippen LogP) is 4.96. The number of fused-ring (bicyclic) bond motifs is 1. The summed E-state index contributed by atoms with van der Waals surface area (Å²) in [5.74, 6) is 1.81. The summed E-state index contributed by atoms with van der Waals surface area (Å²) in [5, 5.41) is 6.36. The minimum Gasteiger partial charge on any atom is -0.495 e. The van der Waals surface area contributed by atoms with Crippen molar-refractivity contribution < 1.29 is 19.0 Å². The fourth-order valence-electron chi connectivity index (χ4n) is 3.49. The van der Waals surface area contributed by atoms with Crippen LogP contribution < -0.4 is 24.8 Å². The highest BCUT2D eigenvalue weighted by atomic mass is 16.5. The third-order valence-corrected chi connectivity index (χ3v) is 5.07. The van der Waals surface area contributed by atoms with E-state index in [0.29, 0.717) is 36.1 Å². The van der Waals surface area contributed by atoms with E-state index in [0.717, 1.165) is 23.2 Å². The zero-order valence-electron chi connectivity index (χ0n) is 17.7. The summed E-state index contributed by atoms with van der Waals surface area (Å²) in [6, 6.07) is 20.3. The SMILES string of the molecule is COc1ccc(C)cc1NC(=O)[C@@H](Nc1ccc2c(c1)OCCCO2)c1ccccc1. The standard InChI is InChI=1S/C25H26N2O4/c1-17-9-11-21(29-2)20(15-17)27-25(28)24(18-7-4-3-5-8-18)26-19-10-12-22-23(16-19)31-14-6-13-30-22/h3-5,7-12,15-16,24,26H,6,13-14H2,1-2H3,(H,27,28)/t24-/m0/s1. The Bertz CT molecular complexity index is 1050. The minimum atomic E-state index is -0.615. The third kappa shape index (κ3) is 4.91. The van der Waals surface area contributed by atoms with Gasteiger partial charge in [0.2, 0.25) is 0 Å². The van der Waals surface area contributed by atoms with Crippen LogP contribution in [0.5, 0.6) is 17.2 Å². The number of methoxy groups -OCH3 is 1. The van der Waals surface area contributed by atoms with Gasteiger partial charge in [0.05, 0.1) is 26.0 Å². The summed E-state index contributed by atoms with van der Waals surface area (Å²) in [6.45, 7) is 3.21. The van der Waals surface area contributed by atoms with E-state index in [1.165, 1.54) is 0 Å². The first-order valence-electron chi connectivity index (χ1n) is 10.3. The van der Waals surface area contributed by atoms with E-state index in [4.69, 9.17) is 14.2 Å². The number of benzene rings is 3. The Morgan fingerprint density at radius 2 is 1.74 bits per heavy atom. The average molecular weight is 418 g/mol. The highest BCUT2D eigenvalue weighted by molar-refractivity contribution is 5.98. The number of hydrogen-bond acceptors (Lipinski definition) is 5. The first-order chi connectivity index (χ1) is 15.1. The number of carbonyl (C=O) groups is 1. The molecule has 1 heterocycles. The van der Waals surface area contributed by atoms with Crippen molar-refractivity contribution >= 4 is 17.3 Å². The van der Waals surface area contributed by atoms with E-state index < -0.39 is 6.04 Å². The molecule has 1 aliphatic rings. The molecule has 1 aliphatic heterocycles. The van der Waals surface area contributed by atoms with Crippen LogP contribution in [0.1, 0.15) is 23.6 Å². The number of carbonyl (C=O) groups excluding carboxylic acids is 1. The first kappa shape index (κ1) is 20.6. The van der Waals surface area contributed by atoms with Gasteiger partial charge >= 0.3 is 0 Å². The van der Waals surface area contributed by atoms with Crippen LogP contribution in [0, 0.1) is 6.92 Å². The maximum atomic E-state index is 13.4. The number of nitrogens with one attached hydrogen (secondary N) is 2. The van der Waals surface area contributed by atoms with Crippen molar-refractivity contribution in [1.82, 2.24) is 0 Å². The van der Waals surface area contributed by atoms with Gasteiger partial charge in [-0.05, 0) is 42.3 Å². The van der Waals surface area contributed by atoms with E-state index in [2.05, 4.69) is 10.6 Å². The largest absolute Gasteiger partial charge is 0.495 e. The molecule has 2 N–H and O–H groups in total. The fraction of sp³-hybridized carbons (Fsp3) is 0.240. The summed E-state index contributed by atoms with van der Waals surface area (Å²) < 4.78 is 16.9. The Balaban J connectivity index is 1.62. The van der Waals surface area contributed by atoms with Crippen molar-refractivity contribution in [3.8, 4) is 17.2 Å². The molecule has 1 amide bonds. The van der Waals surface area contributed by atoms with Gasteiger partial charge in [-0.15, -0.1) is 0 Å². The molecule has 0 aliphatic carbocycles. The molecule has 1 atom stereocenters. The third-order valence-electron chi connectivity index (χ3n) is 5.07. The molecule has 0 fully saturated rings. The van der Waals surface area contributed by atoms with E-state index >= 15 is 0 Å². The van der Waals surface area contributed by atoms with Crippen LogP contribution in [-0.4, -0.2) is 26.2 Å². The van der Waals surface area contributed by atoms with Crippen LogP contribution in [0.4, 0.5) is 11.4 Å². The lowest BCUT2D eigenvalue weighted by atomic mass is 10.1. The second-order valence-electron chi connectivity index (χ2n) is 7.39. The molecular weight excluding hydrogens is 392 g/mol. The van der Waals surface area contributed by atoms with Gasteiger partial charge in [-0.1, -0.05) is 36.4 Å². The first-order valence-corrected chi connectivity index (χ1v) is 10.3. The van der Waals surface area contributed by atoms with Crippen molar-refractivity contribution in [2.24, 2.45) is 0 Å². The maximum Gasteiger partial charge on any atom is 0.251 e. The lowest BCUT2D eigenvalue weighted by Crippen LogP contribution is -2.27. The second kappa shape index (κ2) is 9.43. The van der Waals surface area contributed by atoms with E-state index in [1.807, 2.05) is 73.7 Å². The Hall–Kier alpha value is -3.67. The van der Waals surface area contributed by atoms with E-state index in [9.17, 15) is 4.79 Å². The number of ether oxygens (including phenoxy) is 3. The van der Waals surface area contributed by atoms with E-state index in [1.54, 1.807) is 7.11 Å². The summed E-state index contributed by atoms with van der Waals surface area (Å²) in [4.78, 5) is 13.4. The van der Waals surface area contributed by atoms with Gasteiger partial charge < -0.3 is 24.8 Å².